The Morgan fingerprint density at radius 2 is 2.00 bits per heavy atom. The average Bonchev–Trinajstić information content (AvgIpc) is 2.98. The van der Waals surface area contributed by atoms with E-state index in [2.05, 4.69) is 5.32 Å². The molecular formula is C15H15Cl2NO4. The van der Waals surface area contributed by atoms with E-state index in [4.69, 9.17) is 32.4 Å². The number of carbonyl (C=O) groups excluding carboxylic acids is 1. The number of carbonyl (C=O) groups is 1. The van der Waals surface area contributed by atoms with Gasteiger partial charge in [-0.3, -0.25) is 4.79 Å². The first-order valence-electron chi connectivity index (χ1n) is 6.70. The van der Waals surface area contributed by atoms with Crippen molar-refractivity contribution < 1.29 is 19.1 Å². The second-order valence-electron chi connectivity index (χ2n) is 4.53. The molecule has 2 aromatic rings. The lowest BCUT2D eigenvalue weighted by atomic mass is 10.3. The van der Waals surface area contributed by atoms with Gasteiger partial charge in [0, 0.05) is 18.7 Å². The molecule has 22 heavy (non-hydrogen) atoms. The van der Waals surface area contributed by atoms with Crippen LogP contribution in [0.5, 0.6) is 11.5 Å². The van der Waals surface area contributed by atoms with E-state index >= 15 is 0 Å². The van der Waals surface area contributed by atoms with Crippen LogP contribution in [-0.2, 0) is 0 Å². The molecule has 0 radical (unpaired) electrons. The Bertz CT molecular complexity index is 605. The van der Waals surface area contributed by atoms with E-state index < -0.39 is 0 Å². The highest BCUT2D eigenvalue weighted by molar-refractivity contribution is 6.37. The number of unbranched alkanes of at least 4 members (excludes halogenated alkanes) is 1. The Hall–Kier alpha value is -1.85. The molecule has 0 saturated heterocycles. The number of nitrogens with one attached hydrogen (secondary N) is 1. The maximum atomic E-state index is 11.6. The van der Waals surface area contributed by atoms with Crippen molar-refractivity contribution in [3.63, 3.8) is 0 Å². The number of rotatable bonds is 7. The third kappa shape index (κ3) is 4.58. The Morgan fingerprint density at radius 3 is 2.64 bits per heavy atom. The zero-order valence-electron chi connectivity index (χ0n) is 11.6. The van der Waals surface area contributed by atoms with Gasteiger partial charge in [-0.25, -0.2) is 0 Å². The summed E-state index contributed by atoms with van der Waals surface area (Å²) in [6.45, 7) is 0.917. The van der Waals surface area contributed by atoms with E-state index in [1.807, 2.05) is 0 Å². The van der Waals surface area contributed by atoms with Crippen molar-refractivity contribution in [2.75, 3.05) is 13.2 Å². The minimum absolute atomic E-state index is 0.0111. The highest BCUT2D eigenvalue weighted by Crippen LogP contribution is 2.36. The molecule has 0 atom stereocenters. The predicted molar refractivity (Wildman–Crippen MR) is 83.9 cm³/mol. The number of phenolic OH excluding ortho intramolecular Hbond substituents is 1. The van der Waals surface area contributed by atoms with Crippen LogP contribution < -0.4 is 10.1 Å². The van der Waals surface area contributed by atoms with Gasteiger partial charge in [0.2, 0.25) is 0 Å². The summed E-state index contributed by atoms with van der Waals surface area (Å²) >= 11 is 11.9. The maximum Gasteiger partial charge on any atom is 0.286 e. The summed E-state index contributed by atoms with van der Waals surface area (Å²) in [6.07, 6.45) is 2.90. The molecule has 0 saturated carbocycles. The van der Waals surface area contributed by atoms with Gasteiger partial charge < -0.3 is 19.6 Å². The van der Waals surface area contributed by atoms with Gasteiger partial charge in [0.05, 0.1) is 22.9 Å². The van der Waals surface area contributed by atoms with E-state index in [0.29, 0.717) is 31.1 Å². The van der Waals surface area contributed by atoms with E-state index in [9.17, 15) is 9.90 Å². The standard InChI is InChI=1S/C15H15Cl2NO4/c16-11-8-10(19)9-12(17)14(11)22-6-2-1-5-18-15(20)13-4-3-7-21-13/h3-4,7-9,19H,1-2,5-6H2,(H,18,20). The molecule has 7 heteroatoms. The van der Waals surface area contributed by atoms with Crippen LogP contribution in [0.4, 0.5) is 0 Å². The fourth-order valence-electron chi connectivity index (χ4n) is 1.78. The lowest BCUT2D eigenvalue weighted by molar-refractivity contribution is 0.0924. The van der Waals surface area contributed by atoms with Crippen molar-refractivity contribution in [3.05, 3.63) is 46.3 Å². The number of amides is 1. The van der Waals surface area contributed by atoms with Crippen molar-refractivity contribution in [1.29, 1.82) is 0 Å². The van der Waals surface area contributed by atoms with Gasteiger partial charge in [0.1, 0.15) is 5.75 Å². The number of ether oxygens (including phenoxy) is 1. The van der Waals surface area contributed by atoms with Gasteiger partial charge in [-0.2, -0.15) is 0 Å². The lowest BCUT2D eigenvalue weighted by Crippen LogP contribution is -2.24. The molecule has 0 fully saturated rings. The van der Waals surface area contributed by atoms with Crippen LogP contribution >= 0.6 is 23.2 Å². The first-order valence-corrected chi connectivity index (χ1v) is 7.46. The second-order valence-corrected chi connectivity index (χ2v) is 5.34. The van der Waals surface area contributed by atoms with Crippen molar-refractivity contribution >= 4 is 29.1 Å². The van der Waals surface area contributed by atoms with Crippen molar-refractivity contribution in [3.8, 4) is 11.5 Å². The zero-order valence-corrected chi connectivity index (χ0v) is 13.2. The number of halogens is 2. The van der Waals surface area contributed by atoms with Gasteiger partial charge in [-0.1, -0.05) is 23.2 Å². The van der Waals surface area contributed by atoms with Crippen LogP contribution in [0.1, 0.15) is 23.4 Å². The fourth-order valence-corrected chi connectivity index (χ4v) is 2.37. The van der Waals surface area contributed by atoms with Crippen LogP contribution in [0.25, 0.3) is 0 Å². The van der Waals surface area contributed by atoms with Crippen molar-refractivity contribution in [2.24, 2.45) is 0 Å². The minimum Gasteiger partial charge on any atom is -0.508 e. The van der Waals surface area contributed by atoms with E-state index in [1.54, 1.807) is 12.1 Å². The third-order valence-electron chi connectivity index (χ3n) is 2.83. The van der Waals surface area contributed by atoms with Gasteiger partial charge >= 0.3 is 0 Å². The lowest BCUT2D eigenvalue weighted by Gasteiger charge is -2.10. The summed E-state index contributed by atoms with van der Waals surface area (Å²) in [5.74, 6) is 0.387. The van der Waals surface area contributed by atoms with Gasteiger partial charge in [0.25, 0.3) is 5.91 Å². The largest absolute Gasteiger partial charge is 0.508 e. The van der Waals surface area contributed by atoms with Gasteiger partial charge in [0.15, 0.2) is 11.5 Å². The number of hydrogen-bond donors (Lipinski definition) is 2. The SMILES string of the molecule is O=C(NCCCCOc1c(Cl)cc(O)cc1Cl)c1ccco1. The highest BCUT2D eigenvalue weighted by atomic mass is 35.5. The maximum absolute atomic E-state index is 11.6. The molecule has 0 aliphatic heterocycles. The molecule has 1 amide bonds. The molecule has 1 aromatic heterocycles. The van der Waals surface area contributed by atoms with Crippen LogP contribution in [-0.4, -0.2) is 24.2 Å². The number of furan rings is 1. The summed E-state index contributed by atoms with van der Waals surface area (Å²) in [5, 5.41) is 12.6. The average molecular weight is 344 g/mol. The predicted octanol–water partition coefficient (Wildman–Crippen LogP) is 3.88. The molecule has 0 aliphatic carbocycles. The Kier molecular flexibility index (Phi) is 5.98. The molecule has 1 aromatic carbocycles. The van der Waals surface area contributed by atoms with Crippen molar-refractivity contribution in [2.45, 2.75) is 12.8 Å². The Labute approximate surface area is 137 Å². The summed E-state index contributed by atoms with van der Waals surface area (Å²) in [5.41, 5.74) is 0. The van der Waals surface area contributed by atoms with E-state index in [1.165, 1.54) is 18.4 Å². The molecule has 2 N–H and O–H groups in total. The molecule has 0 bridgehead atoms. The molecule has 118 valence electrons. The Morgan fingerprint density at radius 1 is 1.27 bits per heavy atom. The highest BCUT2D eigenvalue weighted by Gasteiger charge is 2.10. The van der Waals surface area contributed by atoms with Crippen molar-refractivity contribution in [1.82, 2.24) is 5.32 Å². The monoisotopic (exact) mass is 343 g/mol. The van der Waals surface area contributed by atoms with Gasteiger partial charge in [-0.15, -0.1) is 0 Å². The second kappa shape index (κ2) is 7.96. The smallest absolute Gasteiger partial charge is 0.286 e. The number of benzene rings is 1. The van der Waals surface area contributed by atoms with Crippen LogP contribution in [0.2, 0.25) is 10.0 Å². The first-order chi connectivity index (χ1) is 10.6. The summed E-state index contributed by atoms with van der Waals surface area (Å²) in [6, 6.07) is 6.00. The van der Waals surface area contributed by atoms with Gasteiger partial charge in [-0.05, 0) is 25.0 Å². The molecule has 0 spiro atoms. The first kappa shape index (κ1) is 16.5. The van der Waals surface area contributed by atoms with Crippen LogP contribution in [0.3, 0.4) is 0 Å². The van der Waals surface area contributed by atoms with E-state index in [0.717, 1.165) is 6.42 Å². The molecule has 1 heterocycles. The number of hydrogen-bond acceptors (Lipinski definition) is 4. The molecule has 2 rings (SSSR count). The number of aromatic hydroxyl groups is 1. The Balaban J connectivity index is 1.67. The summed E-state index contributed by atoms with van der Waals surface area (Å²) in [4.78, 5) is 11.6. The molecule has 0 aliphatic rings. The number of phenols is 1. The third-order valence-corrected chi connectivity index (χ3v) is 3.39. The topological polar surface area (TPSA) is 71.7 Å². The van der Waals surface area contributed by atoms with Crippen LogP contribution in [0, 0.1) is 0 Å². The normalized spacial score (nSPS) is 10.5. The quantitative estimate of drug-likeness (QED) is 0.748. The molecule has 0 unspecified atom stereocenters. The summed E-state index contributed by atoms with van der Waals surface area (Å²) < 4.78 is 10.5. The zero-order chi connectivity index (χ0) is 15.9. The summed E-state index contributed by atoms with van der Waals surface area (Å²) in [7, 11) is 0. The molecule has 5 nitrogen and oxygen atoms in total. The minimum atomic E-state index is -0.240. The molecular weight excluding hydrogens is 329 g/mol. The van der Waals surface area contributed by atoms with Crippen LogP contribution in [0.15, 0.2) is 34.9 Å². The fraction of sp³-hybridized carbons (Fsp3) is 0.267. The van der Waals surface area contributed by atoms with E-state index in [-0.39, 0.29) is 21.7 Å².